The SMILES string of the molecule is O=c1c2cccnc2[nH]c2c(/C=N/NC3=NCCN3)cccc12. The third kappa shape index (κ3) is 2.42. The van der Waals surface area contributed by atoms with E-state index in [0.29, 0.717) is 22.4 Å². The summed E-state index contributed by atoms with van der Waals surface area (Å²) in [6, 6.07) is 9.06. The summed E-state index contributed by atoms with van der Waals surface area (Å²) in [5.74, 6) is 0.655. The number of fused-ring (bicyclic) bond motifs is 2. The van der Waals surface area contributed by atoms with Gasteiger partial charge in [-0.3, -0.25) is 4.79 Å². The molecule has 0 radical (unpaired) electrons. The fraction of sp³-hybridized carbons (Fsp3) is 0.125. The molecule has 0 saturated carbocycles. The standard InChI is InChI=1S/C16H14N6O/c23-14-11-4-1-3-10(9-20-22-16-18-7-8-19-16)13(11)21-15-12(14)5-2-6-17-15/h1-6,9H,7-8H2,(H,17,21,23)(H2,18,19,22)/b20-9+. The van der Waals surface area contributed by atoms with Gasteiger partial charge >= 0.3 is 0 Å². The van der Waals surface area contributed by atoms with Crippen LogP contribution in [0.4, 0.5) is 0 Å². The number of para-hydroxylation sites is 1. The van der Waals surface area contributed by atoms with Gasteiger partial charge in [0.2, 0.25) is 5.96 Å². The second-order valence-corrected chi connectivity index (χ2v) is 5.15. The van der Waals surface area contributed by atoms with Crippen LogP contribution in [0.3, 0.4) is 0 Å². The molecule has 0 unspecified atom stereocenters. The molecule has 1 aromatic carbocycles. The van der Waals surface area contributed by atoms with Gasteiger partial charge in [-0.05, 0) is 18.2 Å². The lowest BCUT2D eigenvalue weighted by atomic mass is 10.1. The first-order valence-electron chi connectivity index (χ1n) is 7.30. The number of nitrogens with zero attached hydrogens (tertiary/aromatic N) is 3. The first-order valence-corrected chi connectivity index (χ1v) is 7.30. The maximum atomic E-state index is 12.6. The van der Waals surface area contributed by atoms with Crippen molar-refractivity contribution in [3.63, 3.8) is 0 Å². The van der Waals surface area contributed by atoms with E-state index >= 15 is 0 Å². The van der Waals surface area contributed by atoms with Crippen LogP contribution in [0.5, 0.6) is 0 Å². The summed E-state index contributed by atoms with van der Waals surface area (Å²) in [4.78, 5) is 24.2. The fourth-order valence-electron chi connectivity index (χ4n) is 2.59. The number of nitrogens with one attached hydrogen (secondary N) is 3. The van der Waals surface area contributed by atoms with E-state index in [9.17, 15) is 4.79 Å². The lowest BCUT2D eigenvalue weighted by Crippen LogP contribution is -2.30. The number of aromatic nitrogens is 2. The van der Waals surface area contributed by atoms with Gasteiger partial charge in [0, 0.05) is 23.7 Å². The van der Waals surface area contributed by atoms with Gasteiger partial charge in [-0.15, -0.1) is 0 Å². The van der Waals surface area contributed by atoms with Gasteiger partial charge in [0.25, 0.3) is 0 Å². The van der Waals surface area contributed by atoms with Crippen LogP contribution in [0.15, 0.2) is 51.4 Å². The number of benzene rings is 1. The Labute approximate surface area is 131 Å². The van der Waals surface area contributed by atoms with Crippen molar-refractivity contribution in [2.45, 2.75) is 0 Å². The molecule has 0 bridgehead atoms. The molecule has 23 heavy (non-hydrogen) atoms. The molecule has 4 rings (SSSR count). The summed E-state index contributed by atoms with van der Waals surface area (Å²) < 4.78 is 0. The number of aliphatic imine (C=N–C) groups is 1. The summed E-state index contributed by atoms with van der Waals surface area (Å²) >= 11 is 0. The van der Waals surface area contributed by atoms with Crippen LogP contribution in [0.25, 0.3) is 21.9 Å². The Morgan fingerprint density at radius 2 is 2.13 bits per heavy atom. The highest BCUT2D eigenvalue weighted by Crippen LogP contribution is 2.15. The van der Waals surface area contributed by atoms with Gasteiger partial charge in [-0.25, -0.2) is 15.4 Å². The number of aromatic amines is 1. The van der Waals surface area contributed by atoms with Crippen LogP contribution in [0, 0.1) is 0 Å². The quantitative estimate of drug-likeness (QED) is 0.373. The number of rotatable bonds is 2. The van der Waals surface area contributed by atoms with E-state index in [1.165, 1.54) is 0 Å². The van der Waals surface area contributed by atoms with Crippen molar-refractivity contribution in [2.24, 2.45) is 10.1 Å². The third-order valence-corrected chi connectivity index (χ3v) is 3.69. The highest BCUT2D eigenvalue weighted by molar-refractivity contribution is 6.01. The average Bonchev–Trinajstić information content (AvgIpc) is 3.09. The Bertz CT molecular complexity index is 1000. The Balaban J connectivity index is 1.80. The summed E-state index contributed by atoms with van der Waals surface area (Å²) in [5.41, 5.74) is 4.90. The normalized spacial score (nSPS) is 14.3. The van der Waals surface area contributed by atoms with Crippen molar-refractivity contribution in [2.75, 3.05) is 13.1 Å². The number of hydrazone groups is 1. The first kappa shape index (κ1) is 13.4. The van der Waals surface area contributed by atoms with Gasteiger partial charge in [0.15, 0.2) is 5.43 Å². The van der Waals surface area contributed by atoms with E-state index in [-0.39, 0.29) is 5.43 Å². The number of pyridine rings is 2. The summed E-state index contributed by atoms with van der Waals surface area (Å²) in [6.45, 7) is 1.56. The Morgan fingerprint density at radius 3 is 3.00 bits per heavy atom. The number of hydrogen-bond acceptors (Lipinski definition) is 6. The summed E-state index contributed by atoms with van der Waals surface area (Å²) in [6.07, 6.45) is 3.32. The van der Waals surface area contributed by atoms with Crippen molar-refractivity contribution in [3.8, 4) is 0 Å². The predicted octanol–water partition coefficient (Wildman–Crippen LogP) is 0.959. The van der Waals surface area contributed by atoms with Crippen LogP contribution in [0.1, 0.15) is 5.56 Å². The average molecular weight is 306 g/mol. The van der Waals surface area contributed by atoms with Crippen molar-refractivity contribution >= 4 is 34.1 Å². The highest BCUT2D eigenvalue weighted by atomic mass is 16.1. The minimum atomic E-state index is -0.0353. The van der Waals surface area contributed by atoms with Crippen molar-refractivity contribution in [1.82, 2.24) is 20.7 Å². The molecule has 1 aliphatic rings. The Hall–Kier alpha value is -3.22. The molecule has 3 aromatic rings. The van der Waals surface area contributed by atoms with Crippen LogP contribution in [-0.2, 0) is 0 Å². The minimum Gasteiger partial charge on any atom is -0.353 e. The van der Waals surface area contributed by atoms with Gasteiger partial charge < -0.3 is 10.3 Å². The molecule has 3 N–H and O–H groups in total. The largest absolute Gasteiger partial charge is 0.353 e. The van der Waals surface area contributed by atoms with Crippen molar-refractivity contribution in [1.29, 1.82) is 0 Å². The van der Waals surface area contributed by atoms with Crippen LogP contribution >= 0.6 is 0 Å². The lowest BCUT2D eigenvalue weighted by molar-refractivity contribution is 0.920. The molecule has 114 valence electrons. The zero-order valence-electron chi connectivity index (χ0n) is 12.2. The van der Waals surface area contributed by atoms with E-state index in [2.05, 4.69) is 30.8 Å². The second kappa shape index (κ2) is 5.53. The molecule has 0 aliphatic carbocycles. The van der Waals surface area contributed by atoms with E-state index in [4.69, 9.17) is 0 Å². The summed E-state index contributed by atoms with van der Waals surface area (Å²) in [5, 5.41) is 8.44. The molecule has 0 amide bonds. The van der Waals surface area contributed by atoms with Gasteiger partial charge in [0.05, 0.1) is 23.7 Å². The second-order valence-electron chi connectivity index (χ2n) is 5.15. The zero-order chi connectivity index (χ0) is 15.6. The highest BCUT2D eigenvalue weighted by Gasteiger charge is 2.08. The number of H-pyrrole nitrogens is 1. The monoisotopic (exact) mass is 306 g/mol. The van der Waals surface area contributed by atoms with E-state index in [1.54, 1.807) is 30.6 Å². The van der Waals surface area contributed by atoms with Crippen LogP contribution < -0.4 is 16.2 Å². The molecule has 1 aliphatic heterocycles. The maximum absolute atomic E-state index is 12.6. The zero-order valence-corrected chi connectivity index (χ0v) is 12.2. The van der Waals surface area contributed by atoms with E-state index in [0.717, 1.165) is 24.2 Å². The molecule has 2 aromatic heterocycles. The number of guanidine groups is 1. The smallest absolute Gasteiger partial charge is 0.212 e. The molecular formula is C16H14N6O. The van der Waals surface area contributed by atoms with Crippen LogP contribution in [0.2, 0.25) is 0 Å². The van der Waals surface area contributed by atoms with E-state index in [1.807, 2.05) is 12.1 Å². The van der Waals surface area contributed by atoms with Gasteiger partial charge in [0.1, 0.15) is 5.65 Å². The molecule has 3 heterocycles. The molecule has 0 spiro atoms. The Morgan fingerprint density at radius 1 is 1.22 bits per heavy atom. The van der Waals surface area contributed by atoms with Crippen molar-refractivity contribution < 1.29 is 0 Å². The van der Waals surface area contributed by atoms with Crippen LogP contribution in [-0.4, -0.2) is 35.2 Å². The molecule has 7 heteroatoms. The molecule has 0 saturated heterocycles. The third-order valence-electron chi connectivity index (χ3n) is 3.69. The maximum Gasteiger partial charge on any atom is 0.212 e. The number of hydrogen-bond donors (Lipinski definition) is 3. The fourth-order valence-corrected chi connectivity index (χ4v) is 2.59. The van der Waals surface area contributed by atoms with Gasteiger partial charge in [-0.2, -0.15) is 5.10 Å². The first-order chi connectivity index (χ1) is 11.3. The molecular weight excluding hydrogens is 292 g/mol. The van der Waals surface area contributed by atoms with Crippen molar-refractivity contribution in [3.05, 3.63) is 52.3 Å². The van der Waals surface area contributed by atoms with Gasteiger partial charge in [-0.1, -0.05) is 12.1 Å². The minimum absolute atomic E-state index is 0.0353. The molecule has 0 fully saturated rings. The summed E-state index contributed by atoms with van der Waals surface area (Å²) in [7, 11) is 0. The molecule has 7 nitrogen and oxygen atoms in total. The predicted molar refractivity (Wildman–Crippen MR) is 90.9 cm³/mol. The lowest BCUT2D eigenvalue weighted by Gasteiger charge is -2.05. The topological polar surface area (TPSA) is 94.5 Å². The molecule has 0 atom stereocenters. The van der Waals surface area contributed by atoms with E-state index < -0.39 is 0 Å². The Kier molecular flexibility index (Phi) is 3.23.